The molecule has 2 aromatic carbocycles. The monoisotopic (exact) mass is 495 g/mol. The van der Waals surface area contributed by atoms with Crippen molar-refractivity contribution in [2.75, 3.05) is 5.32 Å². The molecule has 1 amide bonds. The smallest absolute Gasteiger partial charge is 0.286 e. The van der Waals surface area contributed by atoms with Gasteiger partial charge in [0.25, 0.3) is 5.91 Å². The molecule has 0 aliphatic carbocycles. The van der Waals surface area contributed by atoms with Crippen LogP contribution in [0.3, 0.4) is 0 Å². The first-order valence-electron chi connectivity index (χ1n) is 8.36. The standard InChI is InChI=1S/C18H11ClFN5OS4/c19-10-1-7-13(8-2-10)25-18(27)30-17(24-25)28-9-14-22-23-16(29-14)15(26)21-12-5-3-11(20)4-6-12/h1-8H,9H2,(H,21,26). The highest BCUT2D eigenvalue weighted by atomic mass is 35.5. The number of aromatic nitrogens is 4. The van der Waals surface area contributed by atoms with E-state index in [-0.39, 0.29) is 10.8 Å². The molecule has 2 aromatic heterocycles. The third-order valence-corrected chi connectivity index (χ3v) is 7.42. The van der Waals surface area contributed by atoms with Gasteiger partial charge in [0.05, 0.1) is 11.4 Å². The van der Waals surface area contributed by atoms with Crippen molar-refractivity contribution in [3.05, 3.63) is 73.3 Å². The predicted octanol–water partition coefficient (Wildman–Crippen LogP) is 5.85. The molecular weight excluding hydrogens is 485 g/mol. The highest BCUT2D eigenvalue weighted by Crippen LogP contribution is 2.28. The van der Waals surface area contributed by atoms with E-state index in [2.05, 4.69) is 20.6 Å². The first kappa shape index (κ1) is 21.1. The van der Waals surface area contributed by atoms with Crippen LogP contribution >= 0.6 is 58.3 Å². The van der Waals surface area contributed by atoms with E-state index < -0.39 is 5.91 Å². The number of hydrogen-bond donors (Lipinski definition) is 1. The lowest BCUT2D eigenvalue weighted by molar-refractivity contribution is 0.102. The number of rotatable bonds is 6. The van der Waals surface area contributed by atoms with Crippen LogP contribution in [0.15, 0.2) is 52.9 Å². The van der Waals surface area contributed by atoms with Crippen LogP contribution in [0.2, 0.25) is 5.02 Å². The summed E-state index contributed by atoms with van der Waals surface area (Å²) in [5.41, 5.74) is 1.32. The molecule has 0 saturated carbocycles. The molecule has 4 aromatic rings. The van der Waals surface area contributed by atoms with Gasteiger partial charge in [-0.05, 0) is 60.7 Å². The van der Waals surface area contributed by atoms with E-state index in [1.807, 2.05) is 12.1 Å². The third-order valence-electron chi connectivity index (χ3n) is 3.68. The van der Waals surface area contributed by atoms with Crippen LogP contribution in [-0.2, 0) is 5.75 Å². The third kappa shape index (κ3) is 5.10. The van der Waals surface area contributed by atoms with E-state index in [4.69, 9.17) is 23.8 Å². The summed E-state index contributed by atoms with van der Waals surface area (Å²) >= 11 is 15.4. The highest BCUT2D eigenvalue weighted by Gasteiger charge is 2.14. The van der Waals surface area contributed by atoms with Crippen molar-refractivity contribution in [3.8, 4) is 5.69 Å². The minimum atomic E-state index is -0.391. The van der Waals surface area contributed by atoms with Gasteiger partial charge in [-0.1, -0.05) is 46.0 Å². The Bertz CT molecular complexity index is 1240. The van der Waals surface area contributed by atoms with Crippen LogP contribution in [0.4, 0.5) is 10.1 Å². The van der Waals surface area contributed by atoms with Crippen molar-refractivity contribution in [1.82, 2.24) is 20.0 Å². The number of nitrogens with one attached hydrogen (secondary N) is 1. The van der Waals surface area contributed by atoms with E-state index in [1.165, 1.54) is 58.7 Å². The van der Waals surface area contributed by atoms with Crippen molar-refractivity contribution in [2.24, 2.45) is 0 Å². The molecule has 1 N–H and O–H groups in total. The lowest BCUT2D eigenvalue weighted by Gasteiger charge is -2.01. The number of benzene rings is 2. The summed E-state index contributed by atoms with van der Waals surface area (Å²) in [5.74, 6) is -0.257. The van der Waals surface area contributed by atoms with Crippen LogP contribution in [0.25, 0.3) is 5.69 Å². The number of thioether (sulfide) groups is 1. The van der Waals surface area contributed by atoms with Crippen molar-refractivity contribution < 1.29 is 9.18 Å². The van der Waals surface area contributed by atoms with Gasteiger partial charge in [0, 0.05) is 10.7 Å². The van der Waals surface area contributed by atoms with Gasteiger partial charge in [-0.2, -0.15) is 0 Å². The fraction of sp³-hybridized carbons (Fsp3) is 0.0556. The summed E-state index contributed by atoms with van der Waals surface area (Å²) in [6.07, 6.45) is 0. The summed E-state index contributed by atoms with van der Waals surface area (Å²) < 4.78 is 16.0. The van der Waals surface area contributed by atoms with Gasteiger partial charge in [-0.3, -0.25) is 4.79 Å². The van der Waals surface area contributed by atoms with E-state index in [9.17, 15) is 9.18 Å². The normalized spacial score (nSPS) is 10.9. The van der Waals surface area contributed by atoms with Crippen LogP contribution in [0.1, 0.15) is 14.8 Å². The van der Waals surface area contributed by atoms with Crippen LogP contribution in [0.5, 0.6) is 0 Å². The SMILES string of the molecule is O=C(Nc1ccc(F)cc1)c1nnc(CSc2nn(-c3ccc(Cl)cc3)c(=S)s2)s1. The number of halogens is 2. The molecule has 0 bridgehead atoms. The molecule has 4 rings (SSSR count). The fourth-order valence-corrected chi connectivity index (χ4v) is 5.52. The molecule has 0 fully saturated rings. The number of nitrogens with zero attached hydrogens (tertiary/aromatic N) is 4. The van der Waals surface area contributed by atoms with Gasteiger partial charge < -0.3 is 5.32 Å². The van der Waals surface area contributed by atoms with Crippen LogP contribution < -0.4 is 5.32 Å². The molecule has 0 radical (unpaired) electrons. The maximum atomic E-state index is 13.0. The van der Waals surface area contributed by atoms with Gasteiger partial charge >= 0.3 is 0 Å². The molecule has 152 valence electrons. The topological polar surface area (TPSA) is 72.7 Å². The second-order valence-corrected chi connectivity index (χ2v) is 10.1. The lowest BCUT2D eigenvalue weighted by atomic mass is 10.3. The lowest BCUT2D eigenvalue weighted by Crippen LogP contribution is -2.11. The zero-order chi connectivity index (χ0) is 21.1. The zero-order valence-corrected chi connectivity index (χ0v) is 18.9. The Morgan fingerprint density at radius 3 is 2.60 bits per heavy atom. The maximum absolute atomic E-state index is 13.0. The minimum Gasteiger partial charge on any atom is -0.320 e. The van der Waals surface area contributed by atoms with Crippen LogP contribution in [-0.4, -0.2) is 25.9 Å². The van der Waals surface area contributed by atoms with E-state index in [0.29, 0.717) is 25.4 Å². The number of carbonyl (C=O) groups is 1. The molecule has 0 saturated heterocycles. The molecule has 0 spiro atoms. The fourth-order valence-electron chi connectivity index (χ4n) is 2.31. The quantitative estimate of drug-likeness (QED) is 0.267. The Labute approximate surface area is 192 Å². The molecule has 12 heteroatoms. The van der Waals surface area contributed by atoms with Gasteiger partial charge in [-0.15, -0.1) is 15.3 Å². The van der Waals surface area contributed by atoms with E-state index >= 15 is 0 Å². The summed E-state index contributed by atoms with van der Waals surface area (Å²) in [4.78, 5) is 12.3. The van der Waals surface area contributed by atoms with Gasteiger partial charge in [-0.25, -0.2) is 9.07 Å². The summed E-state index contributed by atoms with van der Waals surface area (Å²) in [6, 6.07) is 12.8. The van der Waals surface area contributed by atoms with E-state index in [1.54, 1.807) is 16.8 Å². The Morgan fingerprint density at radius 1 is 1.13 bits per heavy atom. The number of hydrogen-bond acceptors (Lipinski definition) is 8. The second-order valence-electron chi connectivity index (χ2n) is 5.77. The summed E-state index contributed by atoms with van der Waals surface area (Å²) in [7, 11) is 0. The van der Waals surface area contributed by atoms with Crippen molar-refractivity contribution in [2.45, 2.75) is 10.1 Å². The maximum Gasteiger partial charge on any atom is 0.286 e. The zero-order valence-electron chi connectivity index (χ0n) is 14.9. The van der Waals surface area contributed by atoms with Crippen molar-refractivity contribution in [3.63, 3.8) is 0 Å². The van der Waals surface area contributed by atoms with Crippen molar-refractivity contribution >= 4 is 69.8 Å². The van der Waals surface area contributed by atoms with E-state index in [0.717, 1.165) is 10.0 Å². The molecule has 2 heterocycles. The van der Waals surface area contributed by atoms with Gasteiger partial charge in [0.2, 0.25) is 5.01 Å². The first-order chi connectivity index (χ1) is 14.5. The molecule has 0 atom stereocenters. The molecule has 0 aliphatic heterocycles. The molecule has 30 heavy (non-hydrogen) atoms. The molecule has 0 unspecified atom stereocenters. The largest absolute Gasteiger partial charge is 0.320 e. The number of carbonyl (C=O) groups excluding carboxylic acids is 1. The van der Waals surface area contributed by atoms with Gasteiger partial charge in [0.1, 0.15) is 10.8 Å². The summed E-state index contributed by atoms with van der Waals surface area (Å²) in [5, 5.41) is 16.7. The van der Waals surface area contributed by atoms with Crippen LogP contribution in [0, 0.1) is 9.77 Å². The highest BCUT2D eigenvalue weighted by molar-refractivity contribution is 8.00. The van der Waals surface area contributed by atoms with Gasteiger partial charge in [0.15, 0.2) is 8.29 Å². The Hall–Kier alpha value is -2.18. The second kappa shape index (κ2) is 9.31. The average Bonchev–Trinajstić information content (AvgIpc) is 3.35. The molecule has 0 aliphatic rings. The molecular formula is C18H11ClFN5OS4. The number of anilines is 1. The Balaban J connectivity index is 1.39. The minimum absolute atomic E-state index is 0.231. The van der Waals surface area contributed by atoms with Crippen molar-refractivity contribution in [1.29, 1.82) is 0 Å². The molecule has 6 nitrogen and oxygen atoms in total. The number of amides is 1. The Kier molecular flexibility index (Phi) is 6.54. The first-order valence-corrected chi connectivity index (χ1v) is 11.8. The summed E-state index contributed by atoms with van der Waals surface area (Å²) in [6.45, 7) is 0. The Morgan fingerprint density at radius 2 is 1.87 bits per heavy atom. The average molecular weight is 496 g/mol. The predicted molar refractivity (Wildman–Crippen MR) is 121 cm³/mol.